The maximum atomic E-state index is 2.59. The summed E-state index contributed by atoms with van der Waals surface area (Å²) in [6.45, 7) is 10.6. The van der Waals surface area contributed by atoms with Crippen molar-refractivity contribution in [3.63, 3.8) is 0 Å². The van der Waals surface area contributed by atoms with Gasteiger partial charge in [-0.25, -0.2) is 0 Å². The molecule has 2 heteroatoms. The van der Waals surface area contributed by atoms with Gasteiger partial charge in [0.05, 0.1) is 0 Å². The molecule has 0 aromatic heterocycles. The largest absolute Gasteiger partial charge is 0.303 e. The average Bonchev–Trinajstić information content (AvgIpc) is 2.10. The van der Waals surface area contributed by atoms with Gasteiger partial charge in [-0.15, -0.1) is 0 Å². The second-order valence-electron chi connectivity index (χ2n) is 3.90. The summed E-state index contributed by atoms with van der Waals surface area (Å²) < 4.78 is 0. The standard InChI is InChI=1S/C8H15N.C2H6.Y/c1-8-2-5-9(6-3-8)7-4-8;1-2;/h2-7H2,1H3;1-2H3;. The van der Waals surface area contributed by atoms with Crippen molar-refractivity contribution in [3.8, 4) is 0 Å². The fourth-order valence-electron chi connectivity index (χ4n) is 1.99. The Labute approximate surface area is 102 Å². The third kappa shape index (κ3) is 3.08. The number of hydrogen-bond acceptors (Lipinski definition) is 1. The fourth-order valence-corrected chi connectivity index (χ4v) is 1.99. The Bertz CT molecular complexity index is 103. The molecular weight excluding hydrogens is 223 g/mol. The van der Waals surface area contributed by atoms with Gasteiger partial charge in [-0.3, -0.25) is 0 Å². The Morgan fingerprint density at radius 1 is 0.917 bits per heavy atom. The van der Waals surface area contributed by atoms with Gasteiger partial charge >= 0.3 is 0 Å². The van der Waals surface area contributed by atoms with Crippen LogP contribution in [0.2, 0.25) is 0 Å². The quantitative estimate of drug-likeness (QED) is 0.633. The van der Waals surface area contributed by atoms with Gasteiger partial charge < -0.3 is 4.90 Å². The van der Waals surface area contributed by atoms with Crippen LogP contribution in [-0.2, 0) is 32.7 Å². The molecule has 1 radical (unpaired) electrons. The summed E-state index contributed by atoms with van der Waals surface area (Å²) in [7, 11) is 0. The van der Waals surface area contributed by atoms with Gasteiger partial charge in [-0.05, 0) is 44.3 Å². The smallest absolute Gasteiger partial charge is 0 e. The first-order chi connectivity index (χ1) is 5.29. The molecule has 0 amide bonds. The fraction of sp³-hybridized carbons (Fsp3) is 1.00. The van der Waals surface area contributed by atoms with Crippen LogP contribution in [0, 0.1) is 5.41 Å². The number of fused-ring (bicyclic) bond motifs is 3. The van der Waals surface area contributed by atoms with E-state index in [0.717, 1.165) is 5.41 Å². The molecule has 0 aromatic carbocycles. The van der Waals surface area contributed by atoms with Gasteiger partial charge in [-0.2, -0.15) is 0 Å². The molecule has 3 rings (SSSR count). The first-order valence-corrected chi connectivity index (χ1v) is 5.01. The van der Waals surface area contributed by atoms with E-state index in [-0.39, 0.29) is 32.7 Å². The molecule has 0 atom stereocenters. The van der Waals surface area contributed by atoms with Crippen molar-refractivity contribution in [2.45, 2.75) is 40.0 Å². The van der Waals surface area contributed by atoms with E-state index in [2.05, 4.69) is 11.8 Å². The zero-order valence-corrected chi connectivity index (χ0v) is 11.6. The molecule has 0 saturated carbocycles. The molecule has 0 aromatic rings. The van der Waals surface area contributed by atoms with E-state index in [9.17, 15) is 0 Å². The van der Waals surface area contributed by atoms with E-state index in [0.29, 0.717) is 0 Å². The Morgan fingerprint density at radius 2 is 1.25 bits per heavy atom. The summed E-state index contributed by atoms with van der Waals surface area (Å²) in [5.74, 6) is 0. The summed E-state index contributed by atoms with van der Waals surface area (Å²) >= 11 is 0. The van der Waals surface area contributed by atoms with Crippen LogP contribution in [0.4, 0.5) is 0 Å². The SMILES string of the molecule is CC.CC12CCN(CC1)CC2.[Y]. The Morgan fingerprint density at radius 3 is 1.42 bits per heavy atom. The zero-order chi connectivity index (χ0) is 8.32. The molecule has 69 valence electrons. The van der Waals surface area contributed by atoms with Crippen molar-refractivity contribution in [3.05, 3.63) is 0 Å². The maximum Gasteiger partial charge on any atom is 0 e. The van der Waals surface area contributed by atoms with E-state index in [4.69, 9.17) is 0 Å². The maximum absolute atomic E-state index is 2.59. The normalized spacial score (nSPS) is 37.8. The van der Waals surface area contributed by atoms with Gasteiger partial charge in [0.15, 0.2) is 0 Å². The third-order valence-electron chi connectivity index (χ3n) is 3.09. The first kappa shape index (κ1) is 13.1. The van der Waals surface area contributed by atoms with Gasteiger partial charge in [0.25, 0.3) is 0 Å². The molecule has 0 aliphatic carbocycles. The summed E-state index contributed by atoms with van der Waals surface area (Å²) in [5.41, 5.74) is 0.745. The minimum atomic E-state index is 0. The molecule has 3 fully saturated rings. The summed E-state index contributed by atoms with van der Waals surface area (Å²) in [4.78, 5) is 2.59. The second-order valence-corrected chi connectivity index (χ2v) is 3.90. The van der Waals surface area contributed by atoms with Crippen molar-refractivity contribution in [1.29, 1.82) is 0 Å². The van der Waals surface area contributed by atoms with E-state index < -0.39 is 0 Å². The van der Waals surface area contributed by atoms with Gasteiger partial charge in [0, 0.05) is 32.7 Å². The molecule has 2 bridgehead atoms. The molecule has 3 aliphatic rings. The molecule has 3 saturated heterocycles. The van der Waals surface area contributed by atoms with Crippen LogP contribution in [0.5, 0.6) is 0 Å². The monoisotopic (exact) mass is 244 g/mol. The summed E-state index contributed by atoms with van der Waals surface area (Å²) in [6, 6.07) is 0. The third-order valence-corrected chi connectivity index (χ3v) is 3.09. The van der Waals surface area contributed by atoms with Crippen LogP contribution >= 0.6 is 0 Å². The van der Waals surface area contributed by atoms with Gasteiger partial charge in [0.1, 0.15) is 0 Å². The predicted molar refractivity (Wildman–Crippen MR) is 49.7 cm³/mol. The predicted octanol–water partition coefficient (Wildman–Crippen LogP) is 2.52. The Hall–Kier alpha value is 1.06. The van der Waals surface area contributed by atoms with Crippen LogP contribution in [-0.4, -0.2) is 24.5 Å². The number of hydrogen-bond donors (Lipinski definition) is 0. The minimum Gasteiger partial charge on any atom is -0.303 e. The number of piperidine rings is 3. The van der Waals surface area contributed by atoms with E-state index in [1.165, 1.54) is 38.9 Å². The van der Waals surface area contributed by atoms with Crippen LogP contribution in [0.15, 0.2) is 0 Å². The Kier molecular flexibility index (Phi) is 6.23. The van der Waals surface area contributed by atoms with E-state index >= 15 is 0 Å². The van der Waals surface area contributed by atoms with Crippen LogP contribution in [0.3, 0.4) is 0 Å². The van der Waals surface area contributed by atoms with Crippen LogP contribution < -0.4 is 0 Å². The molecule has 3 aliphatic heterocycles. The van der Waals surface area contributed by atoms with E-state index in [1.54, 1.807) is 0 Å². The molecule has 0 N–H and O–H groups in total. The minimum absolute atomic E-state index is 0. The summed E-state index contributed by atoms with van der Waals surface area (Å²) in [6.07, 6.45) is 4.35. The molecule has 3 heterocycles. The van der Waals surface area contributed by atoms with Gasteiger partial charge in [-0.1, -0.05) is 20.8 Å². The van der Waals surface area contributed by atoms with Crippen LogP contribution in [0.1, 0.15) is 40.0 Å². The van der Waals surface area contributed by atoms with Crippen molar-refractivity contribution in [2.24, 2.45) is 5.41 Å². The summed E-state index contributed by atoms with van der Waals surface area (Å²) in [5, 5.41) is 0. The number of rotatable bonds is 0. The topological polar surface area (TPSA) is 3.24 Å². The average molecular weight is 244 g/mol. The Balaban J connectivity index is 0.000000378. The van der Waals surface area contributed by atoms with Crippen molar-refractivity contribution in [2.75, 3.05) is 19.6 Å². The van der Waals surface area contributed by atoms with E-state index in [1.807, 2.05) is 13.8 Å². The van der Waals surface area contributed by atoms with Crippen LogP contribution in [0.25, 0.3) is 0 Å². The molecule has 12 heavy (non-hydrogen) atoms. The first-order valence-electron chi connectivity index (χ1n) is 5.01. The van der Waals surface area contributed by atoms with Crippen molar-refractivity contribution < 1.29 is 32.7 Å². The molecule has 0 unspecified atom stereocenters. The number of nitrogens with zero attached hydrogens (tertiary/aromatic N) is 1. The second kappa shape index (κ2) is 5.72. The molecule has 1 nitrogen and oxygen atoms in total. The molecule has 0 spiro atoms. The van der Waals surface area contributed by atoms with Crippen molar-refractivity contribution in [1.82, 2.24) is 4.90 Å². The van der Waals surface area contributed by atoms with Crippen molar-refractivity contribution >= 4 is 0 Å². The van der Waals surface area contributed by atoms with Gasteiger partial charge in [0.2, 0.25) is 0 Å². The zero-order valence-electron chi connectivity index (χ0n) is 8.77. The molecular formula is C10H21NY.